The minimum absolute atomic E-state index is 0.583. The second kappa shape index (κ2) is 7.33. The van der Waals surface area contributed by atoms with Crippen LogP contribution in [0.1, 0.15) is 32.3 Å². The van der Waals surface area contributed by atoms with Gasteiger partial charge in [0.2, 0.25) is 0 Å². The second-order valence-electron chi connectivity index (χ2n) is 4.60. The third-order valence-corrected chi connectivity index (χ3v) is 3.32. The predicted molar refractivity (Wildman–Crippen MR) is 76.8 cm³/mol. The van der Waals surface area contributed by atoms with Crippen LogP contribution in [0.3, 0.4) is 0 Å². The fourth-order valence-electron chi connectivity index (χ4n) is 2.26. The van der Waals surface area contributed by atoms with Crippen molar-refractivity contribution in [3.63, 3.8) is 0 Å². The Hall–Kier alpha value is -1.02. The van der Waals surface area contributed by atoms with E-state index in [4.69, 9.17) is 0 Å². The fourth-order valence-corrected chi connectivity index (χ4v) is 2.26. The lowest BCUT2D eigenvalue weighted by Gasteiger charge is -2.29. The van der Waals surface area contributed by atoms with Crippen LogP contribution in [0.15, 0.2) is 24.3 Å². The van der Waals surface area contributed by atoms with Crippen LogP contribution in [0, 0.1) is 6.92 Å². The van der Waals surface area contributed by atoms with Crippen molar-refractivity contribution < 1.29 is 0 Å². The van der Waals surface area contributed by atoms with Crippen molar-refractivity contribution in [2.75, 3.05) is 25.0 Å². The van der Waals surface area contributed by atoms with Gasteiger partial charge in [0.15, 0.2) is 0 Å². The predicted octanol–water partition coefficient (Wildman–Crippen LogP) is 3.21. The van der Waals surface area contributed by atoms with Gasteiger partial charge in [0.1, 0.15) is 0 Å². The van der Waals surface area contributed by atoms with Gasteiger partial charge in [-0.1, -0.05) is 31.5 Å². The minimum atomic E-state index is 0.583. The zero-order valence-electron chi connectivity index (χ0n) is 11.7. The van der Waals surface area contributed by atoms with Crippen LogP contribution in [0.5, 0.6) is 0 Å². The summed E-state index contributed by atoms with van der Waals surface area (Å²) in [4.78, 5) is 2.46. The van der Waals surface area contributed by atoms with Crippen LogP contribution in [0.4, 0.5) is 5.69 Å². The van der Waals surface area contributed by atoms with Crippen LogP contribution in [0.2, 0.25) is 0 Å². The molecular weight excluding hydrogens is 208 g/mol. The van der Waals surface area contributed by atoms with Crippen LogP contribution < -0.4 is 10.2 Å². The maximum atomic E-state index is 3.42. The molecule has 1 unspecified atom stereocenters. The molecular formula is C15H26N2. The Bertz CT molecular complexity index is 322. The lowest BCUT2D eigenvalue weighted by Crippen LogP contribution is -2.39. The highest BCUT2D eigenvalue weighted by Gasteiger charge is 2.12. The fraction of sp³-hybridized carbons (Fsp3) is 0.600. The molecule has 0 aliphatic heterocycles. The summed E-state index contributed by atoms with van der Waals surface area (Å²) < 4.78 is 0. The van der Waals surface area contributed by atoms with Gasteiger partial charge in [-0.25, -0.2) is 0 Å². The van der Waals surface area contributed by atoms with E-state index >= 15 is 0 Å². The Morgan fingerprint density at radius 3 is 2.47 bits per heavy atom. The van der Waals surface area contributed by atoms with Crippen LogP contribution >= 0.6 is 0 Å². The molecule has 0 bridgehead atoms. The van der Waals surface area contributed by atoms with Crippen molar-refractivity contribution in [1.82, 2.24) is 5.32 Å². The number of aryl methyl sites for hydroxylation is 1. The summed E-state index contributed by atoms with van der Waals surface area (Å²) in [5, 5.41) is 3.42. The Morgan fingerprint density at radius 1 is 1.24 bits per heavy atom. The van der Waals surface area contributed by atoms with Crippen molar-refractivity contribution >= 4 is 5.69 Å². The van der Waals surface area contributed by atoms with Crippen molar-refractivity contribution in [1.29, 1.82) is 0 Å². The van der Waals surface area contributed by atoms with E-state index < -0.39 is 0 Å². The molecule has 0 aliphatic rings. The van der Waals surface area contributed by atoms with E-state index in [0.29, 0.717) is 6.04 Å². The highest BCUT2D eigenvalue weighted by atomic mass is 15.1. The summed E-state index contributed by atoms with van der Waals surface area (Å²) in [7, 11) is 2.06. The average Bonchev–Trinajstić information content (AvgIpc) is 2.35. The maximum absolute atomic E-state index is 3.42. The Kier molecular flexibility index (Phi) is 6.06. The molecule has 0 amide bonds. The average molecular weight is 234 g/mol. The number of benzene rings is 1. The van der Waals surface area contributed by atoms with Gasteiger partial charge in [-0.15, -0.1) is 0 Å². The van der Waals surface area contributed by atoms with Gasteiger partial charge < -0.3 is 10.2 Å². The molecule has 0 aliphatic carbocycles. The molecule has 0 fully saturated rings. The molecule has 1 aromatic carbocycles. The normalized spacial score (nSPS) is 12.5. The summed E-state index contributed by atoms with van der Waals surface area (Å²) >= 11 is 0. The first-order chi connectivity index (χ1) is 8.22. The largest absolute Gasteiger partial charge is 0.370 e. The first kappa shape index (κ1) is 14.0. The molecule has 0 radical (unpaired) electrons. The molecule has 1 atom stereocenters. The molecule has 2 heteroatoms. The third-order valence-electron chi connectivity index (χ3n) is 3.32. The zero-order chi connectivity index (χ0) is 12.7. The van der Waals surface area contributed by atoms with E-state index in [9.17, 15) is 0 Å². The van der Waals surface area contributed by atoms with Gasteiger partial charge in [0.05, 0.1) is 0 Å². The van der Waals surface area contributed by atoms with Crippen LogP contribution in [0.25, 0.3) is 0 Å². The summed E-state index contributed by atoms with van der Waals surface area (Å²) in [6.07, 6.45) is 2.47. The van der Waals surface area contributed by atoms with Crippen molar-refractivity contribution in [2.24, 2.45) is 0 Å². The standard InChI is InChI=1S/C15H26N2/c1-5-9-14(16-4)12-17(6-2)15-11-8-7-10-13(15)3/h7-8,10-11,14,16H,5-6,9,12H2,1-4H3. The zero-order valence-corrected chi connectivity index (χ0v) is 11.7. The van der Waals surface area contributed by atoms with E-state index in [1.165, 1.54) is 24.1 Å². The lowest BCUT2D eigenvalue weighted by molar-refractivity contribution is 0.508. The van der Waals surface area contributed by atoms with Gasteiger partial charge in [-0.3, -0.25) is 0 Å². The van der Waals surface area contributed by atoms with Gasteiger partial charge in [-0.2, -0.15) is 0 Å². The van der Waals surface area contributed by atoms with Gasteiger partial charge in [0.25, 0.3) is 0 Å². The Labute approximate surface area is 106 Å². The van der Waals surface area contributed by atoms with E-state index in [1.54, 1.807) is 0 Å². The van der Waals surface area contributed by atoms with Gasteiger partial charge in [-0.05, 0) is 38.9 Å². The quantitative estimate of drug-likeness (QED) is 0.779. The molecule has 0 saturated heterocycles. The van der Waals surface area contributed by atoms with E-state index in [0.717, 1.165) is 13.1 Å². The topological polar surface area (TPSA) is 15.3 Å². The molecule has 1 aromatic rings. The number of anilines is 1. The monoisotopic (exact) mass is 234 g/mol. The molecule has 17 heavy (non-hydrogen) atoms. The first-order valence-electron chi connectivity index (χ1n) is 6.70. The lowest BCUT2D eigenvalue weighted by atomic mass is 10.1. The maximum Gasteiger partial charge on any atom is 0.0396 e. The molecule has 1 N–H and O–H groups in total. The number of para-hydroxylation sites is 1. The summed E-state index contributed by atoms with van der Waals surface area (Å²) in [5.74, 6) is 0. The highest BCUT2D eigenvalue weighted by molar-refractivity contribution is 5.52. The van der Waals surface area contributed by atoms with Gasteiger partial charge in [0, 0.05) is 24.8 Å². The summed E-state index contributed by atoms with van der Waals surface area (Å²) in [6.45, 7) is 8.81. The molecule has 96 valence electrons. The van der Waals surface area contributed by atoms with E-state index in [2.05, 4.69) is 62.3 Å². The number of likely N-dealkylation sites (N-methyl/N-ethyl adjacent to an activating group) is 2. The smallest absolute Gasteiger partial charge is 0.0396 e. The van der Waals surface area contributed by atoms with Crippen LogP contribution in [-0.2, 0) is 0 Å². The van der Waals surface area contributed by atoms with Crippen molar-refractivity contribution in [3.05, 3.63) is 29.8 Å². The SMILES string of the molecule is CCCC(CN(CC)c1ccccc1C)NC. The van der Waals surface area contributed by atoms with Crippen LogP contribution in [-0.4, -0.2) is 26.2 Å². The molecule has 0 heterocycles. The van der Waals surface area contributed by atoms with E-state index in [-0.39, 0.29) is 0 Å². The highest BCUT2D eigenvalue weighted by Crippen LogP contribution is 2.19. The summed E-state index contributed by atoms with van der Waals surface area (Å²) in [5.41, 5.74) is 2.73. The van der Waals surface area contributed by atoms with E-state index in [1.807, 2.05) is 0 Å². The Morgan fingerprint density at radius 2 is 1.94 bits per heavy atom. The first-order valence-corrected chi connectivity index (χ1v) is 6.70. The third kappa shape index (κ3) is 4.04. The number of nitrogens with one attached hydrogen (secondary N) is 1. The van der Waals surface area contributed by atoms with Gasteiger partial charge >= 0.3 is 0 Å². The van der Waals surface area contributed by atoms with Crippen molar-refractivity contribution in [3.8, 4) is 0 Å². The van der Waals surface area contributed by atoms with Crippen molar-refractivity contribution in [2.45, 2.75) is 39.7 Å². The molecule has 0 aromatic heterocycles. The number of hydrogen-bond acceptors (Lipinski definition) is 2. The molecule has 1 rings (SSSR count). The summed E-state index contributed by atoms with van der Waals surface area (Å²) in [6, 6.07) is 9.22. The molecule has 0 spiro atoms. The minimum Gasteiger partial charge on any atom is -0.370 e. The number of hydrogen-bond donors (Lipinski definition) is 1. The molecule has 0 saturated carbocycles. The molecule has 2 nitrogen and oxygen atoms in total. The Balaban J connectivity index is 2.74. The number of nitrogens with zero attached hydrogens (tertiary/aromatic N) is 1. The second-order valence-corrected chi connectivity index (χ2v) is 4.60. The number of rotatable bonds is 7.